The van der Waals surface area contributed by atoms with Crippen molar-refractivity contribution in [2.45, 2.75) is 6.42 Å². The van der Waals surface area contributed by atoms with Crippen molar-refractivity contribution in [2.75, 3.05) is 13.6 Å². The number of carboxylic acid groups (broad SMARTS) is 1. The first-order valence-electron chi connectivity index (χ1n) is 7.37. The average molecular weight is 332 g/mol. The summed E-state index contributed by atoms with van der Waals surface area (Å²) in [5.74, 6) is -1.90. The van der Waals surface area contributed by atoms with Gasteiger partial charge in [0.15, 0.2) is 0 Å². The Bertz CT molecular complexity index is 738. The summed E-state index contributed by atoms with van der Waals surface area (Å²) in [6.07, 6.45) is 4.89. The Hall–Kier alpha value is -2.76. The second-order valence-corrected chi connectivity index (χ2v) is 5.47. The Labute approximate surface area is 139 Å². The summed E-state index contributed by atoms with van der Waals surface area (Å²) < 4.78 is 26.9. The molecule has 1 aliphatic carbocycles. The Balaban J connectivity index is 2.35. The van der Waals surface area contributed by atoms with Gasteiger partial charge in [0, 0.05) is 18.5 Å². The van der Waals surface area contributed by atoms with E-state index in [2.05, 4.69) is 11.6 Å². The Morgan fingerprint density at radius 3 is 2.83 bits per heavy atom. The molecule has 0 spiro atoms. The van der Waals surface area contributed by atoms with Crippen LogP contribution in [-0.4, -0.2) is 35.4 Å². The van der Waals surface area contributed by atoms with E-state index in [4.69, 9.17) is 5.11 Å². The third kappa shape index (κ3) is 4.62. The summed E-state index contributed by atoms with van der Waals surface area (Å²) in [5, 5.41) is 9.00. The fourth-order valence-electron chi connectivity index (χ4n) is 2.43. The van der Waals surface area contributed by atoms with E-state index < -0.39 is 23.5 Å². The number of nitrogens with zero attached hydrogens (tertiary/aromatic N) is 2. The zero-order chi connectivity index (χ0) is 17.7. The van der Waals surface area contributed by atoms with Crippen LogP contribution >= 0.6 is 0 Å². The molecule has 6 heteroatoms. The molecule has 0 saturated heterocycles. The van der Waals surface area contributed by atoms with Gasteiger partial charge in [-0.3, -0.25) is 4.79 Å². The van der Waals surface area contributed by atoms with Gasteiger partial charge in [0.05, 0.1) is 5.70 Å². The number of aliphatic carboxylic acids is 1. The fraction of sp³-hybridized carbons (Fsp3) is 0.222. The highest BCUT2D eigenvalue weighted by Gasteiger charge is 2.21. The van der Waals surface area contributed by atoms with Crippen molar-refractivity contribution in [3.63, 3.8) is 0 Å². The van der Waals surface area contributed by atoms with Gasteiger partial charge in [0.2, 0.25) is 0 Å². The quantitative estimate of drug-likeness (QED) is 0.661. The molecule has 1 unspecified atom stereocenters. The third-order valence-electron chi connectivity index (χ3n) is 3.53. The van der Waals surface area contributed by atoms with E-state index in [0.717, 1.165) is 0 Å². The van der Waals surface area contributed by atoms with Crippen LogP contribution in [0.3, 0.4) is 0 Å². The van der Waals surface area contributed by atoms with Crippen molar-refractivity contribution in [1.29, 1.82) is 0 Å². The predicted octanol–water partition coefficient (Wildman–Crippen LogP) is 3.64. The van der Waals surface area contributed by atoms with Crippen molar-refractivity contribution in [2.24, 2.45) is 10.9 Å². The van der Waals surface area contributed by atoms with Crippen LogP contribution in [0.15, 0.2) is 59.9 Å². The average Bonchev–Trinajstić information content (AvgIpc) is 2.51. The molecule has 1 aromatic rings. The number of rotatable bonds is 5. The molecule has 126 valence electrons. The van der Waals surface area contributed by atoms with Crippen molar-refractivity contribution in [3.8, 4) is 0 Å². The third-order valence-corrected chi connectivity index (χ3v) is 3.53. The highest BCUT2D eigenvalue weighted by Crippen LogP contribution is 2.23. The van der Waals surface area contributed by atoms with Crippen LogP contribution in [0.2, 0.25) is 0 Å². The minimum atomic E-state index is -1.03. The minimum absolute atomic E-state index is 0.283. The van der Waals surface area contributed by atoms with Crippen LogP contribution in [0, 0.1) is 11.7 Å². The van der Waals surface area contributed by atoms with Gasteiger partial charge in [-0.1, -0.05) is 24.8 Å². The monoisotopic (exact) mass is 332 g/mol. The molecule has 0 amide bonds. The van der Waals surface area contributed by atoms with Crippen LogP contribution in [0.4, 0.5) is 8.78 Å². The van der Waals surface area contributed by atoms with E-state index in [1.807, 2.05) is 0 Å². The molecule has 2 rings (SSSR count). The molecule has 4 nitrogen and oxygen atoms in total. The number of halogens is 2. The number of carboxylic acids is 1. The second kappa shape index (κ2) is 7.68. The van der Waals surface area contributed by atoms with E-state index in [9.17, 15) is 13.6 Å². The lowest BCUT2D eigenvalue weighted by atomic mass is 9.98. The summed E-state index contributed by atoms with van der Waals surface area (Å²) in [4.78, 5) is 16.8. The molecule has 0 fully saturated rings. The molecule has 1 aromatic carbocycles. The number of benzene rings is 1. The van der Waals surface area contributed by atoms with Crippen LogP contribution < -0.4 is 0 Å². The highest BCUT2D eigenvalue weighted by molar-refractivity contribution is 5.93. The van der Waals surface area contributed by atoms with E-state index in [-0.39, 0.29) is 12.2 Å². The number of aliphatic imine (C=N–C) groups is 1. The largest absolute Gasteiger partial charge is 0.480 e. The summed E-state index contributed by atoms with van der Waals surface area (Å²) in [6.45, 7) is 3.53. The maximum Gasteiger partial charge on any atom is 0.323 e. The normalized spacial score (nSPS) is 17.4. The van der Waals surface area contributed by atoms with E-state index >= 15 is 0 Å². The van der Waals surface area contributed by atoms with Gasteiger partial charge < -0.3 is 10.0 Å². The number of amidine groups is 1. The van der Waals surface area contributed by atoms with E-state index in [1.54, 1.807) is 19.2 Å². The maximum atomic E-state index is 13.5. The van der Waals surface area contributed by atoms with Gasteiger partial charge in [-0.2, -0.15) is 0 Å². The molecule has 0 radical (unpaired) electrons. The van der Waals surface area contributed by atoms with Gasteiger partial charge in [0.1, 0.15) is 24.0 Å². The van der Waals surface area contributed by atoms with Crippen molar-refractivity contribution < 1.29 is 18.7 Å². The Morgan fingerprint density at radius 1 is 1.46 bits per heavy atom. The lowest BCUT2D eigenvalue weighted by Crippen LogP contribution is -2.36. The maximum absolute atomic E-state index is 13.5. The molecule has 0 heterocycles. The second-order valence-electron chi connectivity index (χ2n) is 5.47. The van der Waals surface area contributed by atoms with E-state index in [1.165, 1.54) is 35.3 Å². The fourth-order valence-corrected chi connectivity index (χ4v) is 2.43. The molecule has 1 N–H and O–H groups in total. The molecule has 1 atom stereocenters. The Kier molecular flexibility index (Phi) is 5.63. The van der Waals surface area contributed by atoms with Gasteiger partial charge in [-0.15, -0.1) is 0 Å². The van der Waals surface area contributed by atoms with Crippen LogP contribution in [0.5, 0.6) is 0 Å². The number of allylic oxidation sites excluding steroid dienone is 3. The molecule has 0 bridgehead atoms. The highest BCUT2D eigenvalue weighted by atomic mass is 19.1. The number of likely N-dealkylation sites (N-methyl/N-ethyl adjacent to an activating group) is 1. The van der Waals surface area contributed by atoms with Gasteiger partial charge in [-0.25, -0.2) is 13.8 Å². The molecular weight excluding hydrogens is 314 g/mol. The first-order chi connectivity index (χ1) is 11.4. The summed E-state index contributed by atoms with van der Waals surface area (Å²) >= 11 is 0. The molecule has 1 aliphatic rings. The minimum Gasteiger partial charge on any atom is -0.480 e. The van der Waals surface area contributed by atoms with Crippen LogP contribution in [0.1, 0.15) is 12.0 Å². The predicted molar refractivity (Wildman–Crippen MR) is 89.6 cm³/mol. The molecule has 0 aliphatic heterocycles. The zero-order valence-corrected chi connectivity index (χ0v) is 13.2. The molecular formula is C18H18F2N2O2. The van der Waals surface area contributed by atoms with Gasteiger partial charge >= 0.3 is 5.97 Å². The van der Waals surface area contributed by atoms with Gasteiger partial charge in [0.25, 0.3) is 0 Å². The smallest absolute Gasteiger partial charge is 0.323 e. The number of carbonyl (C=O) groups is 1. The molecule has 0 saturated carbocycles. The summed E-state index contributed by atoms with van der Waals surface area (Å²) in [6, 6.07) is 5.79. The number of hydrogen-bond acceptors (Lipinski definition) is 2. The Morgan fingerprint density at radius 2 is 2.21 bits per heavy atom. The standard InChI is InChI=1S/C18H18F2N2O2/c1-12(13-5-3-7-15(19)9-13)21-18(22(2)11-17(23)24)14-6-4-8-16(20)10-14/h3-5,7-10,14H,1,6,11H2,2H3,(H,23,24). The van der Waals surface area contributed by atoms with Crippen molar-refractivity contribution >= 4 is 17.5 Å². The molecule has 0 aromatic heterocycles. The van der Waals surface area contributed by atoms with E-state index in [0.29, 0.717) is 17.8 Å². The van der Waals surface area contributed by atoms with Crippen molar-refractivity contribution in [3.05, 3.63) is 66.3 Å². The lowest BCUT2D eigenvalue weighted by molar-refractivity contribution is -0.137. The van der Waals surface area contributed by atoms with Gasteiger partial charge in [-0.05, 0) is 30.7 Å². The topological polar surface area (TPSA) is 52.9 Å². The summed E-state index contributed by atoms with van der Waals surface area (Å²) in [5.41, 5.74) is 0.761. The van der Waals surface area contributed by atoms with Crippen LogP contribution in [0.25, 0.3) is 5.70 Å². The number of hydrogen-bond donors (Lipinski definition) is 1. The lowest BCUT2D eigenvalue weighted by Gasteiger charge is -2.26. The van der Waals surface area contributed by atoms with Crippen molar-refractivity contribution in [1.82, 2.24) is 4.90 Å². The first kappa shape index (κ1) is 17.6. The SMILES string of the molecule is C=C(N=C(C1C=C(F)C=CC1)N(C)CC(=O)O)c1cccc(F)c1. The summed E-state index contributed by atoms with van der Waals surface area (Å²) in [7, 11) is 1.57. The van der Waals surface area contributed by atoms with Crippen LogP contribution in [-0.2, 0) is 4.79 Å². The molecule has 24 heavy (non-hydrogen) atoms. The zero-order valence-electron chi connectivity index (χ0n) is 13.2. The first-order valence-corrected chi connectivity index (χ1v) is 7.37.